The summed E-state index contributed by atoms with van der Waals surface area (Å²) < 4.78 is 5.71. The number of likely N-dealkylation sites (tertiary alicyclic amines) is 1. The number of carbonyl (C=O) groups excluding carboxylic acids is 1. The molecule has 1 saturated heterocycles. The number of thioether (sulfide) groups is 1. The van der Waals surface area contributed by atoms with Crippen molar-refractivity contribution in [2.75, 3.05) is 19.3 Å². The van der Waals surface area contributed by atoms with Gasteiger partial charge in [0.1, 0.15) is 6.10 Å². The summed E-state index contributed by atoms with van der Waals surface area (Å²) in [6.07, 6.45) is 3.51. The molecular weight excluding hydrogens is 320 g/mol. The average molecular weight is 335 g/mol. The first-order valence-corrected chi connectivity index (χ1v) is 8.48. The molecule has 1 aliphatic rings. The number of amides is 1. The lowest BCUT2D eigenvalue weighted by atomic mass is 10.1. The molecule has 114 valence electrons. The van der Waals surface area contributed by atoms with Gasteiger partial charge in [-0.15, -0.1) is 11.8 Å². The Labute approximate surface area is 138 Å². The third-order valence-electron chi connectivity index (χ3n) is 3.46. The molecule has 1 amide bonds. The molecule has 4 nitrogen and oxygen atoms in total. The van der Waals surface area contributed by atoms with Gasteiger partial charge in [-0.1, -0.05) is 23.7 Å². The molecule has 2 heterocycles. The van der Waals surface area contributed by atoms with Crippen molar-refractivity contribution in [1.29, 1.82) is 0 Å². The number of aromatic nitrogens is 1. The molecule has 0 unspecified atom stereocenters. The number of halogens is 1. The van der Waals surface area contributed by atoms with Gasteiger partial charge in [0.2, 0.25) is 5.88 Å². The van der Waals surface area contributed by atoms with Crippen LogP contribution in [0.2, 0.25) is 5.02 Å². The number of hydrogen-bond donors (Lipinski definition) is 0. The molecule has 3 rings (SSSR count). The van der Waals surface area contributed by atoms with E-state index < -0.39 is 0 Å². The molecule has 1 fully saturated rings. The van der Waals surface area contributed by atoms with Gasteiger partial charge in [-0.3, -0.25) is 4.79 Å². The van der Waals surface area contributed by atoms with Crippen molar-refractivity contribution >= 4 is 29.3 Å². The van der Waals surface area contributed by atoms with Gasteiger partial charge in [0.15, 0.2) is 0 Å². The van der Waals surface area contributed by atoms with Crippen molar-refractivity contribution in [1.82, 2.24) is 9.88 Å². The van der Waals surface area contributed by atoms with Crippen LogP contribution >= 0.6 is 23.4 Å². The summed E-state index contributed by atoms with van der Waals surface area (Å²) in [4.78, 5) is 19.4. The first-order chi connectivity index (χ1) is 10.7. The maximum atomic E-state index is 12.5. The van der Waals surface area contributed by atoms with Crippen LogP contribution in [0.1, 0.15) is 10.4 Å². The highest BCUT2D eigenvalue weighted by atomic mass is 35.5. The van der Waals surface area contributed by atoms with E-state index in [-0.39, 0.29) is 12.0 Å². The number of benzene rings is 1. The first kappa shape index (κ1) is 15.2. The van der Waals surface area contributed by atoms with Crippen LogP contribution in [-0.4, -0.2) is 41.2 Å². The lowest BCUT2D eigenvalue weighted by Crippen LogP contribution is -2.56. The highest BCUT2D eigenvalue weighted by Crippen LogP contribution is 2.24. The molecule has 0 radical (unpaired) electrons. The zero-order valence-corrected chi connectivity index (χ0v) is 13.6. The van der Waals surface area contributed by atoms with Gasteiger partial charge in [-0.05, 0) is 24.5 Å². The minimum absolute atomic E-state index is 0.0148. The van der Waals surface area contributed by atoms with E-state index in [4.69, 9.17) is 16.3 Å². The SMILES string of the molecule is CSc1ccccc1C(=O)N1CC(Oc2ccc(Cl)cn2)C1. The Balaban J connectivity index is 1.58. The second-order valence-corrected chi connectivity index (χ2v) is 6.25. The number of rotatable bonds is 4. The fourth-order valence-electron chi connectivity index (χ4n) is 2.27. The lowest BCUT2D eigenvalue weighted by Gasteiger charge is -2.38. The number of ether oxygens (including phenoxy) is 1. The molecule has 1 aromatic heterocycles. The standard InChI is InChI=1S/C16H15ClN2O2S/c1-22-14-5-3-2-4-13(14)16(20)19-9-12(10-19)21-15-7-6-11(17)8-18-15/h2-8,12H,9-10H2,1H3. The second kappa shape index (κ2) is 6.58. The Morgan fingerprint density at radius 2 is 2.09 bits per heavy atom. The van der Waals surface area contributed by atoms with Crippen LogP contribution in [0.15, 0.2) is 47.5 Å². The smallest absolute Gasteiger partial charge is 0.255 e. The van der Waals surface area contributed by atoms with Gasteiger partial charge in [-0.2, -0.15) is 0 Å². The topological polar surface area (TPSA) is 42.4 Å². The zero-order chi connectivity index (χ0) is 15.5. The van der Waals surface area contributed by atoms with E-state index in [1.807, 2.05) is 30.5 Å². The van der Waals surface area contributed by atoms with E-state index in [9.17, 15) is 4.79 Å². The monoisotopic (exact) mass is 334 g/mol. The molecule has 1 aromatic carbocycles. The first-order valence-electron chi connectivity index (χ1n) is 6.88. The predicted molar refractivity (Wildman–Crippen MR) is 87.8 cm³/mol. The second-order valence-electron chi connectivity index (χ2n) is 4.96. The van der Waals surface area contributed by atoms with Gasteiger partial charge in [0.05, 0.1) is 23.7 Å². The summed E-state index contributed by atoms with van der Waals surface area (Å²) in [5.74, 6) is 0.583. The number of hydrogen-bond acceptors (Lipinski definition) is 4. The molecule has 0 N–H and O–H groups in total. The van der Waals surface area contributed by atoms with E-state index >= 15 is 0 Å². The number of nitrogens with zero attached hydrogens (tertiary/aromatic N) is 2. The minimum atomic E-state index is -0.0148. The quantitative estimate of drug-likeness (QED) is 0.804. The number of carbonyl (C=O) groups is 1. The van der Waals surface area contributed by atoms with Crippen LogP contribution < -0.4 is 4.74 Å². The summed E-state index contributed by atoms with van der Waals surface area (Å²) in [5.41, 5.74) is 0.748. The summed E-state index contributed by atoms with van der Waals surface area (Å²) in [7, 11) is 0. The van der Waals surface area contributed by atoms with Gasteiger partial charge in [0.25, 0.3) is 5.91 Å². The Morgan fingerprint density at radius 1 is 1.32 bits per heavy atom. The van der Waals surface area contributed by atoms with Crippen molar-refractivity contribution in [3.8, 4) is 5.88 Å². The fourth-order valence-corrected chi connectivity index (χ4v) is 2.97. The minimum Gasteiger partial charge on any atom is -0.471 e. The van der Waals surface area contributed by atoms with Crippen molar-refractivity contribution in [2.45, 2.75) is 11.0 Å². The van der Waals surface area contributed by atoms with Crippen molar-refractivity contribution in [3.05, 3.63) is 53.2 Å². The molecule has 22 heavy (non-hydrogen) atoms. The predicted octanol–water partition coefficient (Wildman–Crippen LogP) is 3.36. The summed E-state index contributed by atoms with van der Waals surface area (Å²) in [6, 6.07) is 11.1. The van der Waals surface area contributed by atoms with Crippen LogP contribution in [0.25, 0.3) is 0 Å². The van der Waals surface area contributed by atoms with Gasteiger partial charge < -0.3 is 9.64 Å². The van der Waals surface area contributed by atoms with Crippen LogP contribution in [0.4, 0.5) is 0 Å². The largest absolute Gasteiger partial charge is 0.471 e. The van der Waals surface area contributed by atoms with Crippen LogP contribution in [0.3, 0.4) is 0 Å². The Kier molecular flexibility index (Phi) is 4.55. The van der Waals surface area contributed by atoms with Crippen LogP contribution in [0, 0.1) is 0 Å². The molecule has 0 spiro atoms. The van der Waals surface area contributed by atoms with E-state index in [1.54, 1.807) is 35.0 Å². The molecule has 1 aliphatic heterocycles. The molecule has 0 atom stereocenters. The fraction of sp³-hybridized carbons (Fsp3) is 0.250. The summed E-state index contributed by atoms with van der Waals surface area (Å²) in [6.45, 7) is 1.15. The van der Waals surface area contributed by atoms with Gasteiger partial charge in [0, 0.05) is 17.2 Å². The third-order valence-corrected chi connectivity index (χ3v) is 4.48. The Morgan fingerprint density at radius 3 is 2.77 bits per heavy atom. The van der Waals surface area contributed by atoms with E-state index in [2.05, 4.69) is 4.98 Å². The molecule has 2 aromatic rings. The van der Waals surface area contributed by atoms with Crippen molar-refractivity contribution < 1.29 is 9.53 Å². The zero-order valence-electron chi connectivity index (χ0n) is 12.0. The summed E-state index contributed by atoms with van der Waals surface area (Å²) in [5, 5.41) is 0.575. The molecule has 0 bridgehead atoms. The third kappa shape index (κ3) is 3.20. The van der Waals surface area contributed by atoms with Gasteiger partial charge in [-0.25, -0.2) is 4.98 Å². The van der Waals surface area contributed by atoms with E-state index in [0.717, 1.165) is 10.5 Å². The molecule has 0 aliphatic carbocycles. The van der Waals surface area contributed by atoms with Crippen LogP contribution in [-0.2, 0) is 0 Å². The molecular formula is C16H15ClN2O2S. The van der Waals surface area contributed by atoms with Crippen molar-refractivity contribution in [3.63, 3.8) is 0 Å². The van der Waals surface area contributed by atoms with E-state index in [0.29, 0.717) is 24.0 Å². The number of pyridine rings is 1. The Bertz CT molecular complexity index is 672. The van der Waals surface area contributed by atoms with Crippen molar-refractivity contribution in [2.24, 2.45) is 0 Å². The van der Waals surface area contributed by atoms with Crippen LogP contribution in [0.5, 0.6) is 5.88 Å². The molecule has 0 saturated carbocycles. The lowest BCUT2D eigenvalue weighted by molar-refractivity contribution is 0.0157. The Hall–Kier alpha value is -1.72. The van der Waals surface area contributed by atoms with E-state index in [1.165, 1.54) is 0 Å². The highest BCUT2D eigenvalue weighted by molar-refractivity contribution is 7.98. The molecule has 6 heteroatoms. The summed E-state index contributed by atoms with van der Waals surface area (Å²) >= 11 is 7.36. The normalized spacial score (nSPS) is 14.5. The maximum Gasteiger partial charge on any atom is 0.255 e. The average Bonchev–Trinajstić information content (AvgIpc) is 2.51. The maximum absolute atomic E-state index is 12.5. The van der Waals surface area contributed by atoms with Gasteiger partial charge >= 0.3 is 0 Å². The highest BCUT2D eigenvalue weighted by Gasteiger charge is 2.33.